The van der Waals surface area contributed by atoms with Gasteiger partial charge in [0, 0.05) is 25.9 Å². The van der Waals surface area contributed by atoms with Crippen molar-refractivity contribution in [3.05, 3.63) is 28.7 Å². The van der Waals surface area contributed by atoms with Crippen LogP contribution < -0.4 is 16.6 Å². The third-order valence-electron chi connectivity index (χ3n) is 4.28. The summed E-state index contributed by atoms with van der Waals surface area (Å²) in [5, 5.41) is 2.92. The third kappa shape index (κ3) is 3.10. The Morgan fingerprint density at radius 3 is 2.50 bits per heavy atom. The van der Waals surface area contributed by atoms with Crippen LogP contribution in [0.1, 0.15) is 38.5 Å². The van der Waals surface area contributed by atoms with Crippen molar-refractivity contribution < 1.29 is 4.79 Å². The maximum absolute atomic E-state index is 12.6. The minimum absolute atomic E-state index is 0.0134. The monoisotopic (exact) mass is 277 g/mol. The van der Waals surface area contributed by atoms with E-state index in [2.05, 4.69) is 5.32 Å². The zero-order valence-electron chi connectivity index (χ0n) is 12.0. The second kappa shape index (κ2) is 6.22. The van der Waals surface area contributed by atoms with Gasteiger partial charge >= 0.3 is 0 Å². The second-order valence-corrected chi connectivity index (χ2v) is 5.72. The average Bonchev–Trinajstić information content (AvgIpc) is 2.69. The summed E-state index contributed by atoms with van der Waals surface area (Å²) in [7, 11) is 1.67. The smallest absolute Gasteiger partial charge is 0.250 e. The van der Waals surface area contributed by atoms with E-state index in [0.29, 0.717) is 12.2 Å². The molecule has 0 aromatic carbocycles. The molecule has 5 nitrogen and oxygen atoms in total. The lowest BCUT2D eigenvalue weighted by Crippen LogP contribution is -2.42. The van der Waals surface area contributed by atoms with E-state index < -0.39 is 5.41 Å². The fourth-order valence-corrected chi connectivity index (χ4v) is 2.86. The summed E-state index contributed by atoms with van der Waals surface area (Å²) in [6, 6.07) is 3.10. The van der Waals surface area contributed by atoms with Crippen molar-refractivity contribution in [1.29, 1.82) is 0 Å². The number of carbonyl (C=O) groups is 1. The Hall–Kier alpha value is -1.62. The Balaban J connectivity index is 2.16. The van der Waals surface area contributed by atoms with E-state index in [-0.39, 0.29) is 11.5 Å². The maximum Gasteiger partial charge on any atom is 0.250 e. The van der Waals surface area contributed by atoms with Crippen LogP contribution in [0.2, 0.25) is 0 Å². The molecule has 1 aromatic rings. The molecule has 1 aliphatic carbocycles. The first-order chi connectivity index (χ1) is 9.57. The van der Waals surface area contributed by atoms with Crippen molar-refractivity contribution in [3.63, 3.8) is 0 Å². The van der Waals surface area contributed by atoms with Gasteiger partial charge in [0.1, 0.15) is 0 Å². The third-order valence-corrected chi connectivity index (χ3v) is 4.28. The number of amides is 1. The van der Waals surface area contributed by atoms with Gasteiger partial charge in [-0.25, -0.2) is 0 Å². The van der Waals surface area contributed by atoms with Crippen LogP contribution in [0.15, 0.2) is 23.1 Å². The molecular weight excluding hydrogens is 254 g/mol. The first-order valence-corrected chi connectivity index (χ1v) is 7.26. The Morgan fingerprint density at radius 2 is 1.95 bits per heavy atom. The van der Waals surface area contributed by atoms with Gasteiger partial charge < -0.3 is 15.6 Å². The Labute approximate surface area is 119 Å². The number of aromatic nitrogens is 1. The number of nitrogens with two attached hydrogens (primary N) is 1. The zero-order chi connectivity index (χ0) is 14.6. The number of carbonyl (C=O) groups excluding carboxylic acids is 1. The molecule has 1 saturated carbocycles. The SMILES string of the molecule is Cn1cc(NC(=O)C2(CN)CCCCCC2)ccc1=O. The molecule has 0 spiro atoms. The van der Waals surface area contributed by atoms with Gasteiger partial charge in [0.15, 0.2) is 0 Å². The van der Waals surface area contributed by atoms with Crippen LogP contribution >= 0.6 is 0 Å². The summed E-state index contributed by atoms with van der Waals surface area (Å²) in [4.78, 5) is 23.9. The van der Waals surface area contributed by atoms with E-state index in [1.165, 1.54) is 23.5 Å². The van der Waals surface area contributed by atoms with Gasteiger partial charge in [0.2, 0.25) is 11.5 Å². The fourth-order valence-electron chi connectivity index (χ4n) is 2.86. The number of rotatable bonds is 3. The first-order valence-electron chi connectivity index (χ1n) is 7.26. The lowest BCUT2D eigenvalue weighted by molar-refractivity contribution is -0.125. The van der Waals surface area contributed by atoms with Crippen LogP contribution in [0.5, 0.6) is 0 Å². The highest BCUT2D eigenvalue weighted by molar-refractivity contribution is 5.95. The van der Waals surface area contributed by atoms with Gasteiger partial charge in [0.25, 0.3) is 0 Å². The summed E-state index contributed by atoms with van der Waals surface area (Å²) < 4.78 is 1.46. The summed E-state index contributed by atoms with van der Waals surface area (Å²) in [5.74, 6) is -0.0134. The molecule has 20 heavy (non-hydrogen) atoms. The number of pyridine rings is 1. The molecule has 5 heteroatoms. The van der Waals surface area contributed by atoms with E-state index in [1.54, 1.807) is 19.3 Å². The van der Waals surface area contributed by atoms with Gasteiger partial charge in [-0.1, -0.05) is 25.7 Å². The van der Waals surface area contributed by atoms with Gasteiger partial charge in [-0.05, 0) is 18.9 Å². The van der Waals surface area contributed by atoms with Crippen molar-refractivity contribution in [2.75, 3.05) is 11.9 Å². The largest absolute Gasteiger partial charge is 0.329 e. The van der Waals surface area contributed by atoms with Crippen LogP contribution in [0, 0.1) is 5.41 Å². The second-order valence-electron chi connectivity index (χ2n) is 5.72. The zero-order valence-corrected chi connectivity index (χ0v) is 12.0. The topological polar surface area (TPSA) is 77.1 Å². The molecule has 3 N–H and O–H groups in total. The van der Waals surface area contributed by atoms with Crippen molar-refractivity contribution in [2.24, 2.45) is 18.2 Å². The van der Waals surface area contributed by atoms with Crippen LogP contribution in [0.4, 0.5) is 5.69 Å². The van der Waals surface area contributed by atoms with Crippen molar-refractivity contribution in [2.45, 2.75) is 38.5 Å². The molecule has 1 fully saturated rings. The molecule has 1 heterocycles. The van der Waals surface area contributed by atoms with Crippen LogP contribution in [0.3, 0.4) is 0 Å². The predicted octanol–water partition coefficient (Wildman–Crippen LogP) is 1.62. The molecule has 1 amide bonds. The quantitative estimate of drug-likeness (QED) is 0.824. The number of aryl methyl sites for hydroxylation is 1. The van der Waals surface area contributed by atoms with Crippen LogP contribution in [-0.4, -0.2) is 17.0 Å². The standard InChI is InChI=1S/C15H23N3O2/c1-18-10-12(6-7-13(18)19)17-14(20)15(11-16)8-4-2-3-5-9-15/h6-7,10H,2-5,8-9,11,16H2,1H3,(H,17,20). The number of hydrogen-bond acceptors (Lipinski definition) is 3. The van der Waals surface area contributed by atoms with Crippen molar-refractivity contribution >= 4 is 11.6 Å². The molecule has 1 aromatic heterocycles. The van der Waals surface area contributed by atoms with E-state index in [4.69, 9.17) is 5.73 Å². The van der Waals surface area contributed by atoms with E-state index in [9.17, 15) is 9.59 Å². The fraction of sp³-hybridized carbons (Fsp3) is 0.600. The minimum Gasteiger partial charge on any atom is -0.329 e. The molecule has 0 bridgehead atoms. The molecule has 0 aliphatic heterocycles. The molecule has 0 radical (unpaired) electrons. The van der Waals surface area contributed by atoms with Crippen LogP contribution in [-0.2, 0) is 11.8 Å². The van der Waals surface area contributed by atoms with Gasteiger partial charge in [-0.15, -0.1) is 0 Å². The Bertz CT molecular complexity index is 528. The number of nitrogens with one attached hydrogen (secondary N) is 1. The molecular formula is C15H23N3O2. The highest BCUT2D eigenvalue weighted by atomic mass is 16.2. The summed E-state index contributed by atoms with van der Waals surface area (Å²) >= 11 is 0. The van der Waals surface area contributed by atoms with Gasteiger partial charge in [-0.2, -0.15) is 0 Å². The lowest BCUT2D eigenvalue weighted by Gasteiger charge is -2.29. The van der Waals surface area contributed by atoms with E-state index in [1.807, 2.05) is 0 Å². The maximum atomic E-state index is 12.6. The molecule has 1 aliphatic rings. The predicted molar refractivity (Wildman–Crippen MR) is 79.5 cm³/mol. The number of nitrogens with zero attached hydrogens (tertiary/aromatic N) is 1. The molecule has 0 atom stereocenters. The van der Waals surface area contributed by atoms with Gasteiger partial charge in [0.05, 0.1) is 11.1 Å². The highest BCUT2D eigenvalue weighted by Crippen LogP contribution is 2.35. The number of hydrogen-bond donors (Lipinski definition) is 2. The summed E-state index contributed by atoms with van der Waals surface area (Å²) in [5.41, 5.74) is 6.00. The highest BCUT2D eigenvalue weighted by Gasteiger charge is 2.37. The summed E-state index contributed by atoms with van der Waals surface area (Å²) in [6.45, 7) is 0.380. The van der Waals surface area contributed by atoms with Gasteiger partial charge in [-0.3, -0.25) is 9.59 Å². The van der Waals surface area contributed by atoms with E-state index >= 15 is 0 Å². The Morgan fingerprint density at radius 1 is 1.30 bits per heavy atom. The molecule has 2 rings (SSSR count). The lowest BCUT2D eigenvalue weighted by atomic mass is 9.79. The molecule has 0 unspecified atom stereocenters. The van der Waals surface area contributed by atoms with Crippen molar-refractivity contribution in [1.82, 2.24) is 4.57 Å². The first kappa shape index (κ1) is 14.8. The minimum atomic E-state index is -0.453. The Kier molecular flexibility index (Phi) is 4.60. The van der Waals surface area contributed by atoms with E-state index in [0.717, 1.165) is 25.7 Å². The molecule has 0 saturated heterocycles. The summed E-state index contributed by atoms with van der Waals surface area (Å²) in [6.07, 6.45) is 7.79. The normalized spacial score (nSPS) is 18.3. The van der Waals surface area contributed by atoms with Crippen LogP contribution in [0.25, 0.3) is 0 Å². The average molecular weight is 277 g/mol. The van der Waals surface area contributed by atoms with Crippen molar-refractivity contribution in [3.8, 4) is 0 Å². The molecule has 110 valence electrons. The number of anilines is 1.